The molecular weight excluding hydrogens is 294 g/mol. The van der Waals surface area contributed by atoms with Crippen molar-refractivity contribution in [3.05, 3.63) is 41.2 Å². The zero-order valence-electron chi connectivity index (χ0n) is 11.4. The van der Waals surface area contributed by atoms with Gasteiger partial charge in [-0.15, -0.1) is 0 Å². The molecule has 1 saturated heterocycles. The van der Waals surface area contributed by atoms with Crippen LogP contribution in [0.1, 0.15) is 28.6 Å². The summed E-state index contributed by atoms with van der Waals surface area (Å²) in [6.07, 6.45) is 5.07. The first-order valence-electron chi connectivity index (χ1n) is 6.49. The fraction of sp³-hybridized carbons (Fsp3) is 0.385. The predicted octanol–water partition coefficient (Wildman–Crippen LogP) is 1.46. The standard InChI is InChI=1S/C13H14ClN5O2/c1-21-8-4-11(12-16-7-17-18-12)19(6-8)13(20)9-2-3-15-5-10(9)14/h2-3,5,7-8,11H,4,6H2,1H3,(H,16,17,18)/t8-,11+/m1/s1. The maximum absolute atomic E-state index is 12.7. The molecule has 0 spiro atoms. The van der Waals surface area contributed by atoms with Crippen LogP contribution in [-0.2, 0) is 4.74 Å². The Labute approximate surface area is 126 Å². The van der Waals surface area contributed by atoms with Crippen LogP contribution in [0.2, 0.25) is 5.02 Å². The highest BCUT2D eigenvalue weighted by Gasteiger charge is 2.38. The molecule has 3 rings (SSSR count). The molecule has 2 aromatic heterocycles. The fourth-order valence-corrected chi connectivity index (χ4v) is 2.73. The smallest absolute Gasteiger partial charge is 0.256 e. The summed E-state index contributed by atoms with van der Waals surface area (Å²) in [5.74, 6) is 0.483. The van der Waals surface area contributed by atoms with Crippen molar-refractivity contribution in [2.75, 3.05) is 13.7 Å². The van der Waals surface area contributed by atoms with Crippen LogP contribution in [0.3, 0.4) is 0 Å². The topological polar surface area (TPSA) is 84.0 Å². The van der Waals surface area contributed by atoms with E-state index in [1.165, 1.54) is 12.5 Å². The van der Waals surface area contributed by atoms with E-state index >= 15 is 0 Å². The van der Waals surface area contributed by atoms with Gasteiger partial charge in [-0.05, 0) is 6.07 Å². The van der Waals surface area contributed by atoms with Crippen molar-refractivity contribution in [2.24, 2.45) is 0 Å². The molecule has 0 unspecified atom stereocenters. The molecule has 0 radical (unpaired) electrons. The number of pyridine rings is 1. The molecule has 0 aromatic carbocycles. The third kappa shape index (κ3) is 2.62. The normalized spacial score (nSPS) is 21.7. The summed E-state index contributed by atoms with van der Waals surface area (Å²) < 4.78 is 5.38. The second-order valence-electron chi connectivity index (χ2n) is 4.79. The van der Waals surface area contributed by atoms with E-state index in [-0.39, 0.29) is 18.1 Å². The van der Waals surface area contributed by atoms with E-state index < -0.39 is 0 Å². The van der Waals surface area contributed by atoms with Crippen molar-refractivity contribution in [2.45, 2.75) is 18.6 Å². The summed E-state index contributed by atoms with van der Waals surface area (Å²) in [4.78, 5) is 22.5. The molecule has 7 nitrogen and oxygen atoms in total. The summed E-state index contributed by atoms with van der Waals surface area (Å²) >= 11 is 6.06. The molecule has 1 aliphatic heterocycles. The summed E-state index contributed by atoms with van der Waals surface area (Å²) in [7, 11) is 1.63. The number of nitrogens with zero attached hydrogens (tertiary/aromatic N) is 4. The van der Waals surface area contributed by atoms with Crippen LogP contribution in [0.15, 0.2) is 24.8 Å². The van der Waals surface area contributed by atoms with E-state index in [9.17, 15) is 4.79 Å². The monoisotopic (exact) mass is 307 g/mol. The Bertz CT molecular complexity index is 633. The van der Waals surface area contributed by atoms with E-state index in [2.05, 4.69) is 20.2 Å². The molecule has 21 heavy (non-hydrogen) atoms. The number of rotatable bonds is 3. The molecule has 0 bridgehead atoms. The van der Waals surface area contributed by atoms with Gasteiger partial charge in [0, 0.05) is 32.5 Å². The third-order valence-corrected chi connectivity index (χ3v) is 3.91. The molecule has 1 amide bonds. The van der Waals surface area contributed by atoms with E-state index in [0.29, 0.717) is 29.4 Å². The van der Waals surface area contributed by atoms with Gasteiger partial charge in [-0.1, -0.05) is 11.6 Å². The molecule has 1 aliphatic rings. The third-order valence-electron chi connectivity index (χ3n) is 3.61. The van der Waals surface area contributed by atoms with Gasteiger partial charge in [0.25, 0.3) is 5.91 Å². The maximum Gasteiger partial charge on any atom is 0.256 e. The van der Waals surface area contributed by atoms with Crippen LogP contribution in [-0.4, -0.2) is 50.7 Å². The molecule has 2 aromatic rings. The number of halogens is 1. The van der Waals surface area contributed by atoms with Gasteiger partial charge in [0.2, 0.25) is 0 Å². The largest absolute Gasteiger partial charge is 0.380 e. The summed E-state index contributed by atoms with van der Waals surface area (Å²) in [5.41, 5.74) is 0.424. The van der Waals surface area contributed by atoms with Gasteiger partial charge in [0.1, 0.15) is 12.2 Å². The number of aromatic nitrogens is 4. The zero-order valence-corrected chi connectivity index (χ0v) is 12.1. The number of amides is 1. The summed E-state index contributed by atoms with van der Waals surface area (Å²) in [6, 6.07) is 1.41. The molecule has 1 N–H and O–H groups in total. The second-order valence-corrected chi connectivity index (χ2v) is 5.20. The first-order chi connectivity index (χ1) is 10.2. The molecule has 2 atom stereocenters. The highest BCUT2D eigenvalue weighted by molar-refractivity contribution is 6.33. The van der Waals surface area contributed by atoms with Crippen LogP contribution in [0.5, 0.6) is 0 Å². The SMILES string of the molecule is CO[C@@H]1C[C@@H](c2ncn[nH]2)N(C(=O)c2ccncc2Cl)C1. The highest BCUT2D eigenvalue weighted by atomic mass is 35.5. The zero-order chi connectivity index (χ0) is 14.8. The molecule has 0 saturated carbocycles. The van der Waals surface area contributed by atoms with Crippen LogP contribution < -0.4 is 0 Å². The number of methoxy groups -OCH3 is 1. The summed E-state index contributed by atoms with van der Waals surface area (Å²) in [6.45, 7) is 0.485. The van der Waals surface area contributed by atoms with Gasteiger partial charge in [0.05, 0.1) is 22.7 Å². The van der Waals surface area contributed by atoms with Crippen molar-refractivity contribution < 1.29 is 9.53 Å². The predicted molar refractivity (Wildman–Crippen MR) is 74.8 cm³/mol. The second kappa shape index (κ2) is 5.79. The average Bonchev–Trinajstić information content (AvgIpc) is 3.15. The number of ether oxygens (including phenoxy) is 1. The Kier molecular flexibility index (Phi) is 3.85. The Morgan fingerprint density at radius 1 is 1.57 bits per heavy atom. The number of aromatic amines is 1. The fourth-order valence-electron chi connectivity index (χ4n) is 2.53. The van der Waals surface area contributed by atoms with Crippen molar-refractivity contribution in [3.63, 3.8) is 0 Å². The summed E-state index contributed by atoms with van der Waals surface area (Å²) in [5, 5.41) is 7.00. The number of carbonyl (C=O) groups excluding carboxylic acids is 1. The molecule has 3 heterocycles. The minimum Gasteiger partial charge on any atom is -0.380 e. The highest BCUT2D eigenvalue weighted by Crippen LogP contribution is 2.33. The Morgan fingerprint density at radius 3 is 3.10 bits per heavy atom. The van der Waals surface area contributed by atoms with Gasteiger partial charge in [0.15, 0.2) is 0 Å². The molecular formula is C13H14ClN5O2. The number of likely N-dealkylation sites (tertiary alicyclic amines) is 1. The minimum atomic E-state index is -0.200. The first-order valence-corrected chi connectivity index (χ1v) is 6.87. The van der Waals surface area contributed by atoms with Crippen LogP contribution >= 0.6 is 11.6 Å². The lowest BCUT2D eigenvalue weighted by atomic mass is 10.1. The number of hydrogen-bond acceptors (Lipinski definition) is 5. The lowest BCUT2D eigenvalue weighted by Gasteiger charge is -2.23. The minimum absolute atomic E-state index is 0.0373. The van der Waals surface area contributed by atoms with Crippen molar-refractivity contribution in [1.29, 1.82) is 0 Å². The van der Waals surface area contributed by atoms with Crippen LogP contribution in [0.4, 0.5) is 0 Å². The van der Waals surface area contributed by atoms with Crippen molar-refractivity contribution in [1.82, 2.24) is 25.1 Å². The van der Waals surface area contributed by atoms with Crippen molar-refractivity contribution >= 4 is 17.5 Å². The molecule has 1 fully saturated rings. The first kappa shape index (κ1) is 14.0. The van der Waals surface area contributed by atoms with Crippen LogP contribution in [0.25, 0.3) is 0 Å². The number of nitrogens with one attached hydrogen (secondary N) is 1. The number of hydrogen-bond donors (Lipinski definition) is 1. The lowest BCUT2D eigenvalue weighted by Crippen LogP contribution is -2.32. The lowest BCUT2D eigenvalue weighted by molar-refractivity contribution is 0.0684. The van der Waals surface area contributed by atoms with Gasteiger partial charge < -0.3 is 9.64 Å². The Balaban J connectivity index is 1.91. The van der Waals surface area contributed by atoms with E-state index in [4.69, 9.17) is 16.3 Å². The molecule has 110 valence electrons. The average molecular weight is 308 g/mol. The van der Waals surface area contributed by atoms with Gasteiger partial charge in [-0.3, -0.25) is 14.9 Å². The van der Waals surface area contributed by atoms with E-state index in [1.807, 2.05) is 0 Å². The van der Waals surface area contributed by atoms with Crippen molar-refractivity contribution in [3.8, 4) is 0 Å². The maximum atomic E-state index is 12.7. The quantitative estimate of drug-likeness (QED) is 0.928. The number of H-pyrrole nitrogens is 1. The molecule has 8 heteroatoms. The number of carbonyl (C=O) groups is 1. The van der Waals surface area contributed by atoms with Crippen LogP contribution in [0, 0.1) is 0 Å². The van der Waals surface area contributed by atoms with Gasteiger partial charge in [-0.2, -0.15) is 5.10 Å². The Hall–Kier alpha value is -1.99. The van der Waals surface area contributed by atoms with Gasteiger partial charge in [-0.25, -0.2) is 4.98 Å². The van der Waals surface area contributed by atoms with E-state index in [0.717, 1.165) is 0 Å². The van der Waals surface area contributed by atoms with E-state index in [1.54, 1.807) is 24.3 Å². The Morgan fingerprint density at radius 2 is 2.43 bits per heavy atom. The van der Waals surface area contributed by atoms with Gasteiger partial charge >= 0.3 is 0 Å². The molecule has 0 aliphatic carbocycles.